The third kappa shape index (κ3) is 6.31. The van der Waals surface area contributed by atoms with Gasteiger partial charge in [0.05, 0.1) is 6.04 Å². The van der Waals surface area contributed by atoms with Crippen LogP contribution in [0.5, 0.6) is 5.75 Å². The average Bonchev–Trinajstić information content (AvgIpc) is 3.14. The van der Waals surface area contributed by atoms with Crippen molar-refractivity contribution < 1.29 is 19.4 Å². The Balaban J connectivity index is 1.29. The van der Waals surface area contributed by atoms with Gasteiger partial charge in [0, 0.05) is 20.1 Å². The summed E-state index contributed by atoms with van der Waals surface area (Å²) in [6.07, 6.45) is 2.78. The molecule has 0 aromatic heterocycles. The summed E-state index contributed by atoms with van der Waals surface area (Å²) in [4.78, 5) is 28.0. The smallest absolute Gasteiger partial charge is 0.347 e. The van der Waals surface area contributed by atoms with Crippen LogP contribution in [0.15, 0.2) is 72.8 Å². The van der Waals surface area contributed by atoms with Crippen molar-refractivity contribution in [1.82, 2.24) is 9.80 Å². The molecule has 0 bridgehead atoms. The Morgan fingerprint density at radius 1 is 1.00 bits per heavy atom. The molecule has 6 nitrogen and oxygen atoms in total. The number of aryl methyl sites for hydroxylation is 2. The van der Waals surface area contributed by atoms with Crippen LogP contribution in [0, 0.1) is 6.92 Å². The minimum atomic E-state index is -1.28. The van der Waals surface area contributed by atoms with Crippen molar-refractivity contribution in [2.45, 2.75) is 58.2 Å². The number of aliphatic carboxylic acids is 1. The molecule has 0 radical (unpaired) electrons. The standard InChI is InChI=1S/C31H36N2O4/c1-22-19-23(15-18-28(22)37-31(2,3)29(34)35)9-8-12-27-21-33(30(36)32(27)4)20-24-13-16-26(17-14-24)25-10-6-5-7-11-25/h5-7,10-11,13-19,27H,8-9,12,20-21H2,1-4H3,(H,34,35)/t27-/m0/s1. The molecule has 2 amide bonds. The molecule has 1 atom stereocenters. The highest BCUT2D eigenvalue weighted by Gasteiger charge is 2.34. The van der Waals surface area contributed by atoms with Crippen molar-refractivity contribution in [3.05, 3.63) is 89.5 Å². The fourth-order valence-corrected chi connectivity index (χ4v) is 4.75. The molecule has 37 heavy (non-hydrogen) atoms. The van der Waals surface area contributed by atoms with Crippen LogP contribution in [0.25, 0.3) is 11.1 Å². The van der Waals surface area contributed by atoms with E-state index < -0.39 is 11.6 Å². The van der Waals surface area contributed by atoms with E-state index in [4.69, 9.17) is 4.74 Å². The number of carbonyl (C=O) groups is 2. The molecule has 1 aliphatic heterocycles. The number of carboxylic acid groups (broad SMARTS) is 1. The van der Waals surface area contributed by atoms with E-state index >= 15 is 0 Å². The van der Waals surface area contributed by atoms with Crippen LogP contribution in [0.1, 0.15) is 43.4 Å². The lowest BCUT2D eigenvalue weighted by Crippen LogP contribution is -2.38. The second-order valence-electron chi connectivity index (χ2n) is 10.4. The van der Waals surface area contributed by atoms with Crippen molar-refractivity contribution in [3.63, 3.8) is 0 Å². The van der Waals surface area contributed by atoms with Gasteiger partial charge < -0.3 is 19.6 Å². The van der Waals surface area contributed by atoms with E-state index in [2.05, 4.69) is 42.5 Å². The quantitative estimate of drug-likeness (QED) is 0.362. The minimum absolute atomic E-state index is 0.0792. The number of urea groups is 1. The van der Waals surface area contributed by atoms with Gasteiger partial charge in [-0.3, -0.25) is 0 Å². The summed E-state index contributed by atoms with van der Waals surface area (Å²) in [6.45, 7) is 6.37. The number of carbonyl (C=O) groups excluding carboxylic acids is 1. The number of amides is 2. The second kappa shape index (κ2) is 11.1. The van der Waals surface area contributed by atoms with Crippen LogP contribution >= 0.6 is 0 Å². The highest BCUT2D eigenvalue weighted by molar-refractivity contribution is 5.77. The molecule has 0 unspecified atom stereocenters. The maximum atomic E-state index is 12.9. The van der Waals surface area contributed by atoms with Gasteiger partial charge in [0.1, 0.15) is 5.75 Å². The summed E-state index contributed by atoms with van der Waals surface area (Å²) < 4.78 is 5.70. The fraction of sp³-hybridized carbons (Fsp3) is 0.355. The first-order valence-electron chi connectivity index (χ1n) is 12.8. The number of likely N-dealkylation sites (N-methyl/N-ethyl adjacent to an activating group) is 1. The molecule has 194 valence electrons. The lowest BCUT2D eigenvalue weighted by Gasteiger charge is -2.23. The zero-order valence-electron chi connectivity index (χ0n) is 22.1. The number of hydrogen-bond donors (Lipinski definition) is 1. The molecule has 0 saturated carbocycles. The molecule has 1 fully saturated rings. The number of benzene rings is 3. The number of nitrogens with zero attached hydrogens (tertiary/aromatic N) is 2. The van der Waals surface area contributed by atoms with Crippen molar-refractivity contribution >= 4 is 12.0 Å². The molecule has 0 aliphatic carbocycles. The van der Waals surface area contributed by atoms with E-state index in [1.165, 1.54) is 16.7 Å². The van der Waals surface area contributed by atoms with Crippen molar-refractivity contribution in [1.29, 1.82) is 0 Å². The van der Waals surface area contributed by atoms with Gasteiger partial charge in [0.15, 0.2) is 5.60 Å². The Morgan fingerprint density at radius 3 is 2.30 bits per heavy atom. The Kier molecular flexibility index (Phi) is 7.86. The second-order valence-corrected chi connectivity index (χ2v) is 10.4. The summed E-state index contributed by atoms with van der Waals surface area (Å²) in [5.41, 5.74) is 4.32. The number of rotatable bonds is 10. The zero-order valence-corrected chi connectivity index (χ0v) is 22.1. The average molecular weight is 501 g/mol. The molecule has 4 rings (SSSR count). The number of hydrogen-bond acceptors (Lipinski definition) is 3. The van der Waals surface area contributed by atoms with Gasteiger partial charge in [-0.2, -0.15) is 0 Å². The van der Waals surface area contributed by atoms with E-state index in [-0.39, 0.29) is 12.1 Å². The van der Waals surface area contributed by atoms with Gasteiger partial charge in [0.2, 0.25) is 0 Å². The van der Waals surface area contributed by atoms with Gasteiger partial charge in [-0.05, 0) is 73.9 Å². The van der Waals surface area contributed by atoms with Crippen LogP contribution in [0.2, 0.25) is 0 Å². The predicted octanol–water partition coefficient (Wildman–Crippen LogP) is 6.16. The minimum Gasteiger partial charge on any atom is -0.478 e. The molecular weight excluding hydrogens is 464 g/mol. The topological polar surface area (TPSA) is 70.1 Å². The largest absolute Gasteiger partial charge is 0.478 e. The molecule has 3 aromatic carbocycles. The van der Waals surface area contributed by atoms with Gasteiger partial charge in [-0.1, -0.05) is 66.7 Å². The SMILES string of the molecule is Cc1cc(CCC[C@H]2CN(Cc3ccc(-c4ccccc4)cc3)C(=O)N2C)ccc1OC(C)(C)C(=O)O. The lowest BCUT2D eigenvalue weighted by molar-refractivity contribution is -0.152. The predicted molar refractivity (Wildman–Crippen MR) is 146 cm³/mol. The Labute approximate surface area is 219 Å². The Morgan fingerprint density at radius 2 is 1.65 bits per heavy atom. The van der Waals surface area contributed by atoms with Crippen LogP contribution in [0.3, 0.4) is 0 Å². The van der Waals surface area contributed by atoms with Crippen LogP contribution in [-0.4, -0.2) is 52.1 Å². The fourth-order valence-electron chi connectivity index (χ4n) is 4.75. The van der Waals surface area contributed by atoms with E-state index in [0.29, 0.717) is 12.3 Å². The maximum Gasteiger partial charge on any atom is 0.347 e. The van der Waals surface area contributed by atoms with Gasteiger partial charge in [0.25, 0.3) is 0 Å². The molecule has 0 spiro atoms. The highest BCUT2D eigenvalue weighted by atomic mass is 16.5. The highest BCUT2D eigenvalue weighted by Crippen LogP contribution is 2.26. The third-order valence-corrected chi connectivity index (χ3v) is 7.11. The van der Waals surface area contributed by atoms with Crippen LogP contribution < -0.4 is 4.74 Å². The summed E-state index contributed by atoms with van der Waals surface area (Å²) in [5, 5.41) is 9.31. The van der Waals surface area contributed by atoms with Gasteiger partial charge >= 0.3 is 12.0 Å². The first kappa shape index (κ1) is 26.3. The first-order chi connectivity index (χ1) is 17.6. The van der Waals surface area contributed by atoms with Crippen LogP contribution in [-0.2, 0) is 17.8 Å². The van der Waals surface area contributed by atoms with Crippen molar-refractivity contribution in [2.75, 3.05) is 13.6 Å². The van der Waals surface area contributed by atoms with Crippen LogP contribution in [0.4, 0.5) is 4.79 Å². The van der Waals surface area contributed by atoms with E-state index in [0.717, 1.165) is 36.9 Å². The van der Waals surface area contributed by atoms with Crippen molar-refractivity contribution in [3.8, 4) is 16.9 Å². The molecule has 6 heteroatoms. The summed E-state index contributed by atoms with van der Waals surface area (Å²) >= 11 is 0. The van der Waals surface area contributed by atoms with Gasteiger partial charge in [-0.15, -0.1) is 0 Å². The Hall–Kier alpha value is -3.80. The molecule has 1 N–H and O–H groups in total. The molecule has 3 aromatic rings. The summed E-state index contributed by atoms with van der Waals surface area (Å²) in [7, 11) is 1.89. The van der Waals surface area contributed by atoms with Gasteiger partial charge in [-0.25, -0.2) is 9.59 Å². The van der Waals surface area contributed by atoms with Crippen molar-refractivity contribution in [2.24, 2.45) is 0 Å². The van der Waals surface area contributed by atoms with E-state index in [9.17, 15) is 14.7 Å². The maximum absolute atomic E-state index is 12.9. The molecule has 1 saturated heterocycles. The van der Waals surface area contributed by atoms with E-state index in [1.807, 2.05) is 54.1 Å². The van der Waals surface area contributed by atoms with E-state index in [1.54, 1.807) is 13.8 Å². The normalized spacial score (nSPS) is 15.8. The summed E-state index contributed by atoms with van der Waals surface area (Å²) in [5.74, 6) is -0.408. The number of ether oxygens (including phenoxy) is 1. The third-order valence-electron chi connectivity index (χ3n) is 7.11. The Bertz CT molecular complexity index is 1240. The lowest BCUT2D eigenvalue weighted by atomic mass is 10.0. The first-order valence-corrected chi connectivity index (χ1v) is 12.8. The molecular formula is C31H36N2O4. The molecule has 1 aliphatic rings. The molecule has 1 heterocycles. The number of carboxylic acids is 1. The monoisotopic (exact) mass is 500 g/mol. The zero-order chi connectivity index (χ0) is 26.6. The summed E-state index contributed by atoms with van der Waals surface area (Å²) in [6, 6.07) is 24.9.